The van der Waals surface area contributed by atoms with Crippen LogP contribution in [0.3, 0.4) is 0 Å². The maximum Gasteiger partial charge on any atom is 0.261 e. The van der Waals surface area contributed by atoms with Crippen molar-refractivity contribution in [2.75, 3.05) is 24.5 Å². The first kappa shape index (κ1) is 21.3. The van der Waals surface area contributed by atoms with Gasteiger partial charge in [0, 0.05) is 42.2 Å². The van der Waals surface area contributed by atoms with Gasteiger partial charge in [-0.3, -0.25) is 4.79 Å². The van der Waals surface area contributed by atoms with Gasteiger partial charge in [-0.15, -0.1) is 11.3 Å². The zero-order chi connectivity index (χ0) is 22.5. The molecule has 3 aromatic heterocycles. The highest BCUT2D eigenvalue weighted by molar-refractivity contribution is 7.09. The van der Waals surface area contributed by atoms with E-state index in [1.54, 1.807) is 17.5 Å². The predicted molar refractivity (Wildman–Crippen MR) is 129 cm³/mol. The SMILES string of the molecule is O=C(NCCc1cccs1)C1CCN(c2ncccc2-c2nc(-c3ccccc3)no2)CC1. The van der Waals surface area contributed by atoms with Gasteiger partial charge in [0.05, 0.1) is 5.56 Å². The summed E-state index contributed by atoms with van der Waals surface area (Å²) in [6.07, 6.45) is 4.24. The van der Waals surface area contributed by atoms with Crippen LogP contribution in [0.25, 0.3) is 22.8 Å². The van der Waals surface area contributed by atoms with Gasteiger partial charge in [0.25, 0.3) is 5.89 Å². The van der Waals surface area contributed by atoms with Crippen LogP contribution >= 0.6 is 11.3 Å². The van der Waals surface area contributed by atoms with Crippen LogP contribution in [0.2, 0.25) is 0 Å². The van der Waals surface area contributed by atoms with E-state index in [9.17, 15) is 4.79 Å². The Balaban J connectivity index is 1.22. The molecule has 33 heavy (non-hydrogen) atoms. The van der Waals surface area contributed by atoms with E-state index >= 15 is 0 Å². The Morgan fingerprint density at radius 1 is 1.09 bits per heavy atom. The lowest BCUT2D eigenvalue weighted by atomic mass is 9.95. The highest BCUT2D eigenvalue weighted by Gasteiger charge is 2.27. The number of aromatic nitrogens is 3. The Hall–Kier alpha value is -3.52. The molecule has 1 aliphatic rings. The Bertz CT molecular complexity index is 1180. The minimum Gasteiger partial charge on any atom is -0.356 e. The smallest absolute Gasteiger partial charge is 0.261 e. The summed E-state index contributed by atoms with van der Waals surface area (Å²) < 4.78 is 5.58. The van der Waals surface area contributed by atoms with E-state index in [0.29, 0.717) is 18.3 Å². The predicted octanol–water partition coefficient (Wildman–Crippen LogP) is 4.44. The number of benzene rings is 1. The fourth-order valence-corrected chi connectivity index (χ4v) is 4.82. The van der Waals surface area contributed by atoms with Gasteiger partial charge in [-0.25, -0.2) is 4.98 Å². The molecule has 8 heteroatoms. The van der Waals surface area contributed by atoms with E-state index in [1.807, 2.05) is 48.5 Å². The highest BCUT2D eigenvalue weighted by Crippen LogP contribution is 2.31. The second kappa shape index (κ2) is 9.95. The Labute approximate surface area is 196 Å². The fourth-order valence-electron chi connectivity index (χ4n) is 4.11. The molecular weight excluding hydrogens is 434 g/mol. The average molecular weight is 460 g/mol. The lowest BCUT2D eigenvalue weighted by Crippen LogP contribution is -2.41. The molecule has 4 heterocycles. The normalized spacial score (nSPS) is 14.4. The van der Waals surface area contributed by atoms with Gasteiger partial charge in [-0.1, -0.05) is 41.6 Å². The number of thiophene rings is 1. The van der Waals surface area contributed by atoms with Crippen molar-refractivity contribution < 1.29 is 9.32 Å². The van der Waals surface area contributed by atoms with Crippen molar-refractivity contribution in [3.63, 3.8) is 0 Å². The molecule has 168 valence electrons. The number of hydrogen-bond donors (Lipinski definition) is 1. The summed E-state index contributed by atoms with van der Waals surface area (Å²) in [5.41, 5.74) is 1.72. The lowest BCUT2D eigenvalue weighted by Gasteiger charge is -2.32. The number of amides is 1. The molecule has 0 bridgehead atoms. The number of carbonyl (C=O) groups excluding carboxylic acids is 1. The van der Waals surface area contributed by atoms with Crippen molar-refractivity contribution in [1.82, 2.24) is 20.4 Å². The number of rotatable bonds is 7. The number of hydrogen-bond acceptors (Lipinski definition) is 7. The van der Waals surface area contributed by atoms with Crippen molar-refractivity contribution in [2.24, 2.45) is 5.92 Å². The number of anilines is 1. The molecule has 1 saturated heterocycles. The Morgan fingerprint density at radius 3 is 2.73 bits per heavy atom. The average Bonchev–Trinajstić information content (AvgIpc) is 3.57. The summed E-state index contributed by atoms with van der Waals surface area (Å²) in [7, 11) is 0. The van der Waals surface area contributed by atoms with E-state index < -0.39 is 0 Å². The van der Waals surface area contributed by atoms with Crippen molar-refractivity contribution in [3.8, 4) is 22.8 Å². The van der Waals surface area contributed by atoms with Crippen molar-refractivity contribution >= 4 is 23.1 Å². The molecule has 1 N–H and O–H groups in total. The molecule has 0 saturated carbocycles. The highest BCUT2D eigenvalue weighted by atomic mass is 32.1. The molecule has 7 nitrogen and oxygen atoms in total. The van der Waals surface area contributed by atoms with E-state index in [1.165, 1.54) is 4.88 Å². The topological polar surface area (TPSA) is 84.2 Å². The minimum absolute atomic E-state index is 0.0323. The monoisotopic (exact) mass is 459 g/mol. The Morgan fingerprint density at radius 2 is 1.94 bits per heavy atom. The van der Waals surface area contributed by atoms with E-state index in [4.69, 9.17) is 4.52 Å². The number of carbonyl (C=O) groups is 1. The van der Waals surface area contributed by atoms with Gasteiger partial charge < -0.3 is 14.7 Å². The number of pyridine rings is 1. The molecular formula is C25H25N5O2S. The molecule has 0 aliphatic carbocycles. The maximum absolute atomic E-state index is 12.6. The molecule has 1 aromatic carbocycles. The first-order chi connectivity index (χ1) is 16.3. The first-order valence-electron chi connectivity index (χ1n) is 11.2. The van der Waals surface area contributed by atoms with Gasteiger partial charge in [0.2, 0.25) is 11.7 Å². The van der Waals surface area contributed by atoms with E-state index in [-0.39, 0.29) is 11.8 Å². The van der Waals surface area contributed by atoms with E-state index in [0.717, 1.165) is 49.3 Å². The Kier molecular flexibility index (Phi) is 6.44. The van der Waals surface area contributed by atoms with Crippen LogP contribution in [0.15, 0.2) is 70.7 Å². The lowest BCUT2D eigenvalue weighted by molar-refractivity contribution is -0.125. The molecule has 1 aliphatic heterocycles. The number of piperidine rings is 1. The molecule has 0 radical (unpaired) electrons. The van der Waals surface area contributed by atoms with Gasteiger partial charge >= 0.3 is 0 Å². The second-order valence-electron chi connectivity index (χ2n) is 8.05. The van der Waals surface area contributed by atoms with Gasteiger partial charge in [0.1, 0.15) is 5.82 Å². The van der Waals surface area contributed by atoms with Crippen molar-refractivity contribution in [2.45, 2.75) is 19.3 Å². The third kappa shape index (κ3) is 4.96. The van der Waals surface area contributed by atoms with Crippen molar-refractivity contribution in [3.05, 3.63) is 71.1 Å². The van der Waals surface area contributed by atoms with Crippen LogP contribution in [0.5, 0.6) is 0 Å². The van der Waals surface area contributed by atoms with Crippen molar-refractivity contribution in [1.29, 1.82) is 0 Å². The molecule has 0 atom stereocenters. The van der Waals surface area contributed by atoms with E-state index in [2.05, 4.69) is 36.8 Å². The van der Waals surface area contributed by atoms with Crippen LogP contribution in [0.1, 0.15) is 17.7 Å². The summed E-state index contributed by atoms with van der Waals surface area (Å²) in [6, 6.07) is 17.7. The summed E-state index contributed by atoms with van der Waals surface area (Å²) in [5.74, 6) is 2.00. The molecule has 0 spiro atoms. The zero-order valence-electron chi connectivity index (χ0n) is 18.2. The van der Waals surface area contributed by atoms with Crippen LogP contribution in [0.4, 0.5) is 5.82 Å². The van der Waals surface area contributed by atoms with Gasteiger partial charge in [-0.2, -0.15) is 4.98 Å². The number of nitrogens with one attached hydrogen (secondary N) is 1. The van der Waals surface area contributed by atoms with Gasteiger partial charge in [-0.05, 0) is 42.8 Å². The zero-order valence-corrected chi connectivity index (χ0v) is 19.0. The summed E-state index contributed by atoms with van der Waals surface area (Å²) in [6.45, 7) is 2.20. The molecule has 4 aromatic rings. The maximum atomic E-state index is 12.6. The largest absolute Gasteiger partial charge is 0.356 e. The third-order valence-electron chi connectivity index (χ3n) is 5.89. The molecule has 5 rings (SSSR count). The third-order valence-corrected chi connectivity index (χ3v) is 6.83. The molecule has 0 unspecified atom stereocenters. The second-order valence-corrected chi connectivity index (χ2v) is 9.08. The molecule has 1 fully saturated rings. The standard InChI is InChI=1S/C25H25N5O2S/c31-24(27-14-10-20-8-5-17-33-20)19-11-15-30(16-12-19)23-21(9-4-13-26-23)25-28-22(29-32-25)18-6-2-1-3-7-18/h1-9,13,17,19H,10-12,14-16H2,(H,27,31). The summed E-state index contributed by atoms with van der Waals surface area (Å²) in [5, 5.41) is 9.31. The van der Waals surface area contributed by atoms with Crippen LogP contribution in [-0.2, 0) is 11.2 Å². The summed E-state index contributed by atoms with van der Waals surface area (Å²) >= 11 is 1.73. The quantitative estimate of drug-likeness (QED) is 0.440. The molecule has 1 amide bonds. The van der Waals surface area contributed by atoms with Crippen LogP contribution in [-0.4, -0.2) is 40.7 Å². The summed E-state index contributed by atoms with van der Waals surface area (Å²) in [4.78, 5) is 25.3. The minimum atomic E-state index is 0.0323. The van der Waals surface area contributed by atoms with Crippen LogP contribution in [0, 0.1) is 5.92 Å². The fraction of sp³-hybridized carbons (Fsp3) is 0.280. The van der Waals surface area contributed by atoms with Crippen LogP contribution < -0.4 is 10.2 Å². The number of nitrogens with zero attached hydrogens (tertiary/aromatic N) is 4. The first-order valence-corrected chi connectivity index (χ1v) is 12.1. The van der Waals surface area contributed by atoms with Gasteiger partial charge in [0.15, 0.2) is 0 Å².